The summed E-state index contributed by atoms with van der Waals surface area (Å²) in [5, 5.41) is 1.86. The number of rotatable bonds is 24. The third-order valence-corrected chi connectivity index (χ3v) is 8.32. The Kier molecular flexibility index (Phi) is 17.2. The Bertz CT molecular complexity index is 1250. The zero-order valence-electron chi connectivity index (χ0n) is 27.4. The van der Waals surface area contributed by atoms with Crippen molar-refractivity contribution in [2.75, 3.05) is 6.61 Å². The molecule has 0 unspecified atom stereocenters. The lowest BCUT2D eigenvalue weighted by molar-refractivity contribution is 0.0723. The molecule has 0 saturated carbocycles. The molecule has 3 aromatic rings. The van der Waals surface area contributed by atoms with Crippen LogP contribution < -0.4 is 9.47 Å². The third kappa shape index (κ3) is 13.2. The zero-order chi connectivity index (χ0) is 31.2. The predicted molar refractivity (Wildman–Crippen MR) is 182 cm³/mol. The molecule has 1 aromatic heterocycles. The number of fused-ring (bicyclic) bond motifs is 1. The van der Waals surface area contributed by atoms with Crippen LogP contribution in [0.4, 0.5) is 0 Å². The minimum atomic E-state index is -0.542. The molecule has 3 rings (SSSR count). The Morgan fingerprint density at radius 3 is 1.86 bits per heavy atom. The number of esters is 1. The Morgan fingerprint density at radius 2 is 1.20 bits per heavy atom. The summed E-state index contributed by atoms with van der Waals surface area (Å²) in [5.41, 5.74) is 0.921. The molecule has 5 heteroatoms. The number of ketones is 1. The Hall–Kier alpha value is -3.21. The number of hydrogen-bond donors (Lipinski definition) is 0. The maximum Gasteiger partial charge on any atom is 0.366 e. The monoisotopic (exact) mass is 601 g/mol. The molecule has 0 saturated heterocycles. The third-order valence-electron chi connectivity index (χ3n) is 8.32. The van der Waals surface area contributed by atoms with Gasteiger partial charge in [0.1, 0.15) is 5.75 Å². The number of nitrogens with zero attached hydrogens (tertiary/aromatic N) is 1. The number of pyridine rings is 1. The van der Waals surface area contributed by atoms with Crippen molar-refractivity contribution in [3.63, 3.8) is 0 Å². The van der Waals surface area contributed by atoms with Crippen LogP contribution in [0.2, 0.25) is 0 Å². The van der Waals surface area contributed by atoms with Gasteiger partial charge >= 0.3 is 5.97 Å². The molecule has 0 amide bonds. The number of hydrogen-bond acceptors (Lipinski definition) is 5. The van der Waals surface area contributed by atoms with Gasteiger partial charge in [0.25, 0.3) is 0 Å². The van der Waals surface area contributed by atoms with Crippen LogP contribution in [0.15, 0.2) is 54.7 Å². The molecule has 2 aromatic carbocycles. The molecule has 0 spiro atoms. The minimum absolute atomic E-state index is 0.181. The predicted octanol–water partition coefficient (Wildman–Crippen LogP) is 11.5. The van der Waals surface area contributed by atoms with Gasteiger partial charge in [-0.3, -0.25) is 4.79 Å². The van der Waals surface area contributed by atoms with Gasteiger partial charge in [-0.15, -0.1) is 0 Å². The summed E-state index contributed by atoms with van der Waals surface area (Å²) in [5.74, 6) is 0.536. The fourth-order valence-corrected chi connectivity index (χ4v) is 5.61. The second-order valence-corrected chi connectivity index (χ2v) is 12.1. The Labute approximate surface area is 266 Å². The SMILES string of the molecule is CCCCCCCCCCCCC(=O)c1ccc2cc(OC(=O)c3ncccc3OCCCCCCCCCC)ccc2c1. The maximum atomic E-state index is 13.0. The summed E-state index contributed by atoms with van der Waals surface area (Å²) >= 11 is 0. The molecule has 0 aliphatic heterocycles. The lowest BCUT2D eigenvalue weighted by atomic mass is 10.00. The minimum Gasteiger partial charge on any atom is -0.491 e. The molecular formula is C39H55NO4. The summed E-state index contributed by atoms with van der Waals surface area (Å²) in [6.45, 7) is 5.04. The molecular weight excluding hydrogens is 546 g/mol. The largest absolute Gasteiger partial charge is 0.491 e. The highest BCUT2D eigenvalue weighted by Crippen LogP contribution is 2.25. The number of aromatic nitrogens is 1. The van der Waals surface area contributed by atoms with Gasteiger partial charge in [0.15, 0.2) is 17.2 Å². The molecule has 0 aliphatic rings. The first kappa shape index (κ1) is 35.3. The lowest BCUT2D eigenvalue weighted by Crippen LogP contribution is -2.13. The van der Waals surface area contributed by atoms with Crippen LogP contribution in [-0.4, -0.2) is 23.3 Å². The molecule has 0 bridgehead atoms. The van der Waals surface area contributed by atoms with Crippen molar-refractivity contribution in [3.05, 3.63) is 66.0 Å². The number of ether oxygens (including phenoxy) is 2. The lowest BCUT2D eigenvalue weighted by Gasteiger charge is -2.11. The summed E-state index contributed by atoms with van der Waals surface area (Å²) in [4.78, 5) is 30.1. The quantitative estimate of drug-likeness (QED) is 0.0442. The van der Waals surface area contributed by atoms with Crippen molar-refractivity contribution in [1.29, 1.82) is 0 Å². The van der Waals surface area contributed by atoms with E-state index in [2.05, 4.69) is 18.8 Å². The molecule has 5 nitrogen and oxygen atoms in total. The van der Waals surface area contributed by atoms with Crippen LogP contribution >= 0.6 is 0 Å². The van der Waals surface area contributed by atoms with E-state index in [-0.39, 0.29) is 11.5 Å². The van der Waals surface area contributed by atoms with E-state index in [1.807, 2.05) is 30.3 Å². The molecule has 0 N–H and O–H groups in total. The molecule has 0 atom stereocenters. The van der Waals surface area contributed by atoms with Crippen LogP contribution in [-0.2, 0) is 0 Å². The van der Waals surface area contributed by atoms with Crippen molar-refractivity contribution in [2.24, 2.45) is 0 Å². The normalized spacial score (nSPS) is 11.1. The molecule has 0 fully saturated rings. The van der Waals surface area contributed by atoms with Gasteiger partial charge in [-0.25, -0.2) is 9.78 Å². The van der Waals surface area contributed by atoms with E-state index >= 15 is 0 Å². The topological polar surface area (TPSA) is 65.5 Å². The summed E-state index contributed by atoms with van der Waals surface area (Å²) in [6, 6.07) is 14.8. The van der Waals surface area contributed by atoms with Gasteiger partial charge in [0, 0.05) is 18.2 Å². The van der Waals surface area contributed by atoms with Gasteiger partial charge in [-0.2, -0.15) is 0 Å². The molecule has 0 radical (unpaired) electrons. The Balaban J connectivity index is 1.42. The zero-order valence-corrected chi connectivity index (χ0v) is 27.4. The first-order chi connectivity index (χ1) is 21.6. The number of benzene rings is 2. The van der Waals surface area contributed by atoms with Crippen molar-refractivity contribution >= 4 is 22.5 Å². The average molecular weight is 602 g/mol. The van der Waals surface area contributed by atoms with Crippen LogP contribution in [0.5, 0.6) is 11.5 Å². The van der Waals surface area contributed by atoms with Crippen molar-refractivity contribution in [1.82, 2.24) is 4.98 Å². The van der Waals surface area contributed by atoms with Crippen LogP contribution in [0, 0.1) is 0 Å². The first-order valence-corrected chi connectivity index (χ1v) is 17.5. The van der Waals surface area contributed by atoms with Gasteiger partial charge in [-0.05, 0) is 53.9 Å². The van der Waals surface area contributed by atoms with Gasteiger partial charge in [0.05, 0.1) is 6.61 Å². The molecule has 240 valence electrons. The molecule has 0 aliphatic carbocycles. The van der Waals surface area contributed by atoms with Gasteiger partial charge < -0.3 is 9.47 Å². The van der Waals surface area contributed by atoms with E-state index in [0.29, 0.717) is 24.5 Å². The second-order valence-electron chi connectivity index (χ2n) is 12.1. The Morgan fingerprint density at radius 1 is 0.636 bits per heavy atom. The standard InChI is InChI=1S/C39H55NO4/c1-3-5-7-9-11-13-14-15-17-19-22-36(41)34-25-24-33-31-35(27-26-32(33)30-34)44-39(42)38-37(23-21-28-40-38)43-29-20-18-16-12-10-8-6-4-2/h21,23-28,30-31H,3-20,22,29H2,1-2H3. The number of Topliss-reactive ketones (excluding diaryl/α,β-unsaturated/α-hetero) is 1. The summed E-state index contributed by atoms with van der Waals surface area (Å²) in [6.07, 6.45) is 24.5. The smallest absolute Gasteiger partial charge is 0.366 e. The van der Waals surface area contributed by atoms with E-state index in [1.54, 1.807) is 24.4 Å². The maximum absolute atomic E-state index is 13.0. The highest BCUT2D eigenvalue weighted by molar-refractivity contribution is 6.00. The summed E-state index contributed by atoms with van der Waals surface area (Å²) in [7, 11) is 0. The highest BCUT2D eigenvalue weighted by Gasteiger charge is 2.17. The first-order valence-electron chi connectivity index (χ1n) is 17.5. The van der Waals surface area contributed by atoms with Crippen LogP contribution in [0.3, 0.4) is 0 Å². The van der Waals surface area contributed by atoms with Crippen LogP contribution in [0.25, 0.3) is 10.8 Å². The average Bonchev–Trinajstić information content (AvgIpc) is 3.04. The van der Waals surface area contributed by atoms with E-state index in [0.717, 1.165) is 42.0 Å². The van der Waals surface area contributed by atoms with E-state index in [9.17, 15) is 9.59 Å². The van der Waals surface area contributed by atoms with E-state index in [1.165, 1.54) is 89.9 Å². The van der Waals surface area contributed by atoms with E-state index < -0.39 is 5.97 Å². The van der Waals surface area contributed by atoms with Crippen molar-refractivity contribution in [2.45, 2.75) is 136 Å². The molecule has 44 heavy (non-hydrogen) atoms. The fraction of sp³-hybridized carbons (Fsp3) is 0.564. The second kappa shape index (κ2) is 21.5. The molecule has 1 heterocycles. The van der Waals surface area contributed by atoms with Crippen molar-refractivity contribution in [3.8, 4) is 11.5 Å². The highest BCUT2D eigenvalue weighted by atomic mass is 16.5. The van der Waals surface area contributed by atoms with E-state index in [4.69, 9.17) is 9.47 Å². The van der Waals surface area contributed by atoms with Crippen LogP contribution in [0.1, 0.15) is 157 Å². The number of carbonyl (C=O) groups excluding carboxylic acids is 2. The number of carbonyl (C=O) groups is 2. The van der Waals surface area contributed by atoms with Crippen molar-refractivity contribution < 1.29 is 19.1 Å². The fourth-order valence-electron chi connectivity index (χ4n) is 5.61. The number of unbranched alkanes of at least 4 members (excludes halogenated alkanes) is 16. The van der Waals surface area contributed by atoms with Gasteiger partial charge in [-0.1, -0.05) is 135 Å². The van der Waals surface area contributed by atoms with Gasteiger partial charge in [0.2, 0.25) is 0 Å². The summed E-state index contributed by atoms with van der Waals surface area (Å²) < 4.78 is 11.6.